The van der Waals surface area contributed by atoms with Crippen LogP contribution in [-0.2, 0) is 12.2 Å². The maximum atomic E-state index is 12.3. The zero-order chi connectivity index (χ0) is 19.5. The zero-order valence-corrected chi connectivity index (χ0v) is 16.9. The topological polar surface area (TPSA) is 95.4 Å². The predicted octanol–water partition coefficient (Wildman–Crippen LogP) is 3.45. The minimum absolute atomic E-state index is 0.179. The average molecular weight is 416 g/mol. The number of rotatable bonds is 7. The molecule has 0 N–H and O–H groups in total. The van der Waals surface area contributed by atoms with E-state index in [1.54, 1.807) is 7.11 Å². The van der Waals surface area contributed by atoms with Gasteiger partial charge in [0.15, 0.2) is 0 Å². The molecule has 0 saturated heterocycles. The maximum Gasteiger partial charge on any atom is 0.277 e. The summed E-state index contributed by atoms with van der Waals surface area (Å²) >= 11 is 2.78. The van der Waals surface area contributed by atoms with Gasteiger partial charge in [0, 0.05) is 23.8 Å². The van der Waals surface area contributed by atoms with E-state index in [1.807, 2.05) is 24.3 Å². The molecule has 4 rings (SSSR count). The Labute approximate surface area is 168 Å². The van der Waals surface area contributed by atoms with Crippen LogP contribution in [0.1, 0.15) is 24.0 Å². The first-order valence-corrected chi connectivity index (χ1v) is 10.5. The van der Waals surface area contributed by atoms with E-state index in [0.717, 1.165) is 29.2 Å². The van der Waals surface area contributed by atoms with E-state index in [9.17, 15) is 4.79 Å². The van der Waals surface area contributed by atoms with Crippen molar-refractivity contribution >= 4 is 28.1 Å². The first kappa shape index (κ1) is 18.6. The van der Waals surface area contributed by atoms with Gasteiger partial charge in [-0.3, -0.25) is 4.79 Å². The largest absolute Gasteiger partial charge is 0.497 e. The van der Waals surface area contributed by atoms with Crippen LogP contribution in [0.15, 0.2) is 44.8 Å². The third kappa shape index (κ3) is 3.92. The van der Waals surface area contributed by atoms with E-state index < -0.39 is 0 Å². The molecule has 1 aromatic carbocycles. The van der Waals surface area contributed by atoms with Gasteiger partial charge in [-0.2, -0.15) is 9.61 Å². The summed E-state index contributed by atoms with van der Waals surface area (Å²) in [5, 5.41) is 13.8. The fourth-order valence-corrected chi connectivity index (χ4v) is 4.24. The minimum atomic E-state index is -0.179. The summed E-state index contributed by atoms with van der Waals surface area (Å²) in [6.07, 6.45) is 1.82. The Morgan fingerprint density at radius 2 is 2.18 bits per heavy atom. The lowest BCUT2D eigenvalue weighted by molar-refractivity contribution is 0.414. The van der Waals surface area contributed by atoms with Crippen LogP contribution >= 0.6 is 23.1 Å². The molecule has 3 heterocycles. The Bertz CT molecular complexity index is 1170. The Kier molecular flexibility index (Phi) is 5.40. The molecule has 28 heavy (non-hydrogen) atoms. The lowest BCUT2D eigenvalue weighted by Crippen LogP contribution is -2.15. The number of nitrogens with zero attached hydrogens (tertiary/aromatic N) is 5. The van der Waals surface area contributed by atoms with Crippen LogP contribution in [0, 0.1) is 0 Å². The smallest absolute Gasteiger partial charge is 0.277 e. The maximum absolute atomic E-state index is 12.3. The van der Waals surface area contributed by atoms with Gasteiger partial charge in [-0.15, -0.1) is 10.2 Å². The fourth-order valence-electron chi connectivity index (χ4n) is 2.56. The number of benzene rings is 1. The number of methoxy groups -OCH3 is 1. The van der Waals surface area contributed by atoms with Crippen LogP contribution in [0.2, 0.25) is 0 Å². The van der Waals surface area contributed by atoms with Crippen molar-refractivity contribution in [1.82, 2.24) is 24.8 Å². The van der Waals surface area contributed by atoms with Crippen LogP contribution in [-0.4, -0.2) is 31.9 Å². The van der Waals surface area contributed by atoms with E-state index in [-0.39, 0.29) is 5.56 Å². The monoisotopic (exact) mass is 415 g/mol. The molecule has 0 unspecified atom stereocenters. The second-order valence-electron chi connectivity index (χ2n) is 5.92. The molecule has 8 nitrogen and oxygen atoms in total. The molecular formula is C18H17N5O3S2. The third-order valence-electron chi connectivity index (χ3n) is 3.87. The summed E-state index contributed by atoms with van der Waals surface area (Å²) in [6.45, 7) is 2.08. The van der Waals surface area contributed by atoms with Gasteiger partial charge in [-0.05, 0) is 24.6 Å². The van der Waals surface area contributed by atoms with E-state index in [4.69, 9.17) is 9.15 Å². The van der Waals surface area contributed by atoms with Crippen molar-refractivity contribution in [3.8, 4) is 17.2 Å². The molecule has 0 bridgehead atoms. The molecule has 144 valence electrons. The molecule has 0 amide bonds. The molecule has 0 aliphatic heterocycles. The highest BCUT2D eigenvalue weighted by Crippen LogP contribution is 2.27. The molecule has 0 aliphatic carbocycles. The Hall–Kier alpha value is -2.72. The highest BCUT2D eigenvalue weighted by molar-refractivity contribution is 7.98. The van der Waals surface area contributed by atoms with Crippen LogP contribution < -0.4 is 10.3 Å². The summed E-state index contributed by atoms with van der Waals surface area (Å²) in [7, 11) is 1.61. The lowest BCUT2D eigenvalue weighted by atomic mass is 10.2. The number of fused-ring (bicyclic) bond motifs is 1. The standard InChI is InChI=1S/C18H17N5O3S2/c1-3-5-14-22-23-15(24)9-12(19-17(23)28-14)10-27-18-21-20-16(26-18)11-6-4-7-13(8-11)25-2/h4,6-9H,3,5,10H2,1-2H3. The Morgan fingerprint density at radius 3 is 3.00 bits per heavy atom. The lowest BCUT2D eigenvalue weighted by Gasteiger charge is -2.00. The van der Waals surface area contributed by atoms with E-state index in [0.29, 0.717) is 27.5 Å². The highest BCUT2D eigenvalue weighted by Gasteiger charge is 2.12. The SMILES string of the molecule is CCCc1nn2c(=O)cc(CSc3nnc(-c4cccc(OC)c4)o3)nc2s1. The summed E-state index contributed by atoms with van der Waals surface area (Å²) < 4.78 is 12.3. The van der Waals surface area contributed by atoms with Crippen LogP contribution in [0.4, 0.5) is 0 Å². The van der Waals surface area contributed by atoms with Gasteiger partial charge in [0.2, 0.25) is 10.9 Å². The van der Waals surface area contributed by atoms with Gasteiger partial charge in [-0.25, -0.2) is 4.98 Å². The third-order valence-corrected chi connectivity index (χ3v) is 5.69. The first-order valence-electron chi connectivity index (χ1n) is 8.65. The second kappa shape index (κ2) is 8.11. The van der Waals surface area contributed by atoms with Gasteiger partial charge < -0.3 is 9.15 Å². The van der Waals surface area contributed by atoms with Gasteiger partial charge in [0.05, 0.1) is 12.8 Å². The molecular weight excluding hydrogens is 398 g/mol. The average Bonchev–Trinajstić information content (AvgIpc) is 3.34. The van der Waals surface area contributed by atoms with Crippen molar-refractivity contribution in [1.29, 1.82) is 0 Å². The number of aromatic nitrogens is 5. The Balaban J connectivity index is 1.50. The fraction of sp³-hybridized carbons (Fsp3) is 0.278. The van der Waals surface area contributed by atoms with Gasteiger partial charge in [-0.1, -0.05) is 36.1 Å². The van der Waals surface area contributed by atoms with Crippen LogP contribution in [0.5, 0.6) is 5.75 Å². The van der Waals surface area contributed by atoms with E-state index >= 15 is 0 Å². The molecule has 0 saturated carbocycles. The quantitative estimate of drug-likeness (QED) is 0.424. The number of thioether (sulfide) groups is 1. The van der Waals surface area contributed by atoms with Crippen molar-refractivity contribution in [2.45, 2.75) is 30.7 Å². The molecule has 4 aromatic rings. The van der Waals surface area contributed by atoms with Crippen molar-refractivity contribution in [2.75, 3.05) is 7.11 Å². The summed E-state index contributed by atoms with van der Waals surface area (Å²) in [5.41, 5.74) is 1.26. The minimum Gasteiger partial charge on any atom is -0.497 e. The second-order valence-corrected chi connectivity index (χ2v) is 7.89. The van der Waals surface area contributed by atoms with E-state index in [2.05, 4.69) is 27.2 Å². The Morgan fingerprint density at radius 1 is 1.29 bits per heavy atom. The molecule has 3 aromatic heterocycles. The normalized spacial score (nSPS) is 11.2. The van der Waals surface area contributed by atoms with Gasteiger partial charge >= 0.3 is 0 Å². The van der Waals surface area contributed by atoms with Crippen molar-refractivity contribution in [3.05, 3.63) is 51.4 Å². The predicted molar refractivity (Wildman–Crippen MR) is 107 cm³/mol. The van der Waals surface area contributed by atoms with Crippen LogP contribution in [0.25, 0.3) is 16.4 Å². The highest BCUT2D eigenvalue weighted by atomic mass is 32.2. The van der Waals surface area contributed by atoms with Crippen molar-refractivity contribution in [2.24, 2.45) is 0 Å². The first-order chi connectivity index (χ1) is 13.7. The zero-order valence-electron chi connectivity index (χ0n) is 15.3. The number of aryl methyl sites for hydroxylation is 1. The molecule has 10 heteroatoms. The molecule has 0 fully saturated rings. The number of hydrogen-bond donors (Lipinski definition) is 0. The van der Waals surface area contributed by atoms with Gasteiger partial charge in [0.1, 0.15) is 10.8 Å². The van der Waals surface area contributed by atoms with Crippen LogP contribution in [0.3, 0.4) is 0 Å². The molecule has 0 radical (unpaired) electrons. The van der Waals surface area contributed by atoms with E-state index in [1.165, 1.54) is 33.7 Å². The summed E-state index contributed by atoms with van der Waals surface area (Å²) in [5.74, 6) is 1.58. The van der Waals surface area contributed by atoms with Crippen molar-refractivity contribution < 1.29 is 9.15 Å². The van der Waals surface area contributed by atoms with Gasteiger partial charge in [0.25, 0.3) is 10.8 Å². The number of hydrogen-bond acceptors (Lipinski definition) is 9. The molecule has 0 aliphatic rings. The van der Waals surface area contributed by atoms with Crippen molar-refractivity contribution in [3.63, 3.8) is 0 Å². The molecule has 0 spiro atoms. The summed E-state index contributed by atoms with van der Waals surface area (Å²) in [4.78, 5) is 17.4. The summed E-state index contributed by atoms with van der Waals surface area (Å²) in [6, 6.07) is 8.91. The number of ether oxygens (including phenoxy) is 1. The molecule has 0 atom stereocenters.